The number of amides is 1. The van der Waals surface area contributed by atoms with E-state index in [1.807, 2.05) is 0 Å². The first-order valence-electron chi connectivity index (χ1n) is 8.33. The van der Waals surface area contributed by atoms with Crippen molar-refractivity contribution in [2.75, 3.05) is 6.61 Å². The first-order valence-corrected chi connectivity index (χ1v) is 8.33. The maximum absolute atomic E-state index is 12.3. The number of furan rings is 1. The monoisotopic (exact) mass is 340 g/mol. The molecule has 0 bridgehead atoms. The van der Waals surface area contributed by atoms with Crippen LogP contribution in [0.1, 0.15) is 41.1 Å². The third-order valence-corrected chi connectivity index (χ3v) is 4.21. The van der Waals surface area contributed by atoms with Crippen molar-refractivity contribution in [1.82, 2.24) is 5.32 Å². The van der Waals surface area contributed by atoms with Gasteiger partial charge in [0.25, 0.3) is 5.91 Å². The van der Waals surface area contributed by atoms with Crippen LogP contribution in [-0.2, 0) is 6.61 Å². The molecule has 0 saturated heterocycles. The minimum absolute atomic E-state index is 0.00944. The van der Waals surface area contributed by atoms with Crippen LogP contribution in [0.3, 0.4) is 0 Å². The van der Waals surface area contributed by atoms with Gasteiger partial charge in [-0.1, -0.05) is 12.1 Å². The Morgan fingerprint density at radius 3 is 2.88 bits per heavy atom. The van der Waals surface area contributed by atoms with Crippen LogP contribution < -0.4 is 10.1 Å². The van der Waals surface area contributed by atoms with Crippen LogP contribution in [0, 0.1) is 17.2 Å². The molecule has 2 N–H and O–H groups in total. The molecule has 1 aromatic heterocycles. The summed E-state index contributed by atoms with van der Waals surface area (Å²) in [5.41, 5.74) is 0.448. The van der Waals surface area contributed by atoms with Gasteiger partial charge in [0.15, 0.2) is 5.76 Å². The van der Waals surface area contributed by atoms with Gasteiger partial charge >= 0.3 is 0 Å². The van der Waals surface area contributed by atoms with Crippen molar-refractivity contribution < 1.29 is 19.1 Å². The SMILES string of the molecule is N#Cc1ccccc1OCc1ccc(C(=O)NC(CCO)C2CC2)o1. The van der Waals surface area contributed by atoms with Gasteiger partial charge in [-0.3, -0.25) is 4.79 Å². The number of aliphatic hydroxyl groups is 1. The molecule has 1 heterocycles. The lowest BCUT2D eigenvalue weighted by Gasteiger charge is -2.16. The van der Waals surface area contributed by atoms with E-state index in [1.54, 1.807) is 36.4 Å². The molecule has 0 spiro atoms. The summed E-state index contributed by atoms with van der Waals surface area (Å²) in [6.07, 6.45) is 2.72. The van der Waals surface area contributed by atoms with Crippen LogP contribution in [0.4, 0.5) is 0 Å². The van der Waals surface area contributed by atoms with Crippen molar-refractivity contribution in [3.05, 3.63) is 53.5 Å². The first kappa shape index (κ1) is 17.1. The normalized spacial score (nSPS) is 14.6. The maximum atomic E-state index is 12.3. The van der Waals surface area contributed by atoms with Crippen LogP contribution in [0.5, 0.6) is 5.75 Å². The summed E-state index contributed by atoms with van der Waals surface area (Å²) in [5, 5.41) is 21.1. The summed E-state index contributed by atoms with van der Waals surface area (Å²) in [7, 11) is 0. The number of hydrogen-bond acceptors (Lipinski definition) is 5. The predicted octanol–water partition coefficient (Wildman–Crippen LogP) is 2.62. The van der Waals surface area contributed by atoms with Gasteiger partial charge in [-0.2, -0.15) is 5.26 Å². The zero-order valence-corrected chi connectivity index (χ0v) is 13.8. The van der Waals surface area contributed by atoms with Gasteiger partial charge in [0.2, 0.25) is 0 Å². The molecule has 6 nitrogen and oxygen atoms in total. The van der Waals surface area contributed by atoms with E-state index in [1.165, 1.54) is 0 Å². The standard InChI is InChI=1S/C19H20N2O4/c20-11-14-3-1-2-4-17(14)24-12-15-7-8-18(25-15)19(23)21-16(9-10-22)13-5-6-13/h1-4,7-8,13,16,22H,5-6,9-10,12H2,(H,21,23). The number of ether oxygens (including phenoxy) is 1. The van der Waals surface area contributed by atoms with Gasteiger partial charge in [-0.05, 0) is 49.4 Å². The molecular weight excluding hydrogens is 320 g/mol. The second-order valence-corrected chi connectivity index (χ2v) is 6.09. The van der Waals surface area contributed by atoms with Gasteiger partial charge in [-0.25, -0.2) is 0 Å². The summed E-state index contributed by atoms with van der Waals surface area (Å²) in [6, 6.07) is 12.3. The Hall–Kier alpha value is -2.78. The highest BCUT2D eigenvalue weighted by Crippen LogP contribution is 2.34. The molecule has 2 aromatic rings. The van der Waals surface area contributed by atoms with E-state index >= 15 is 0 Å². The van der Waals surface area contributed by atoms with E-state index in [2.05, 4.69) is 11.4 Å². The summed E-state index contributed by atoms with van der Waals surface area (Å²) in [4.78, 5) is 12.3. The zero-order valence-electron chi connectivity index (χ0n) is 13.8. The molecule has 1 aliphatic carbocycles. The highest BCUT2D eigenvalue weighted by molar-refractivity contribution is 5.91. The molecule has 130 valence electrons. The predicted molar refractivity (Wildman–Crippen MR) is 89.9 cm³/mol. The Bertz CT molecular complexity index is 774. The van der Waals surface area contributed by atoms with Crippen LogP contribution in [0.15, 0.2) is 40.8 Å². The lowest BCUT2D eigenvalue weighted by atomic mass is 10.1. The summed E-state index contributed by atoms with van der Waals surface area (Å²) in [5.74, 6) is 1.37. The number of carbonyl (C=O) groups is 1. The molecule has 1 aliphatic rings. The van der Waals surface area contributed by atoms with Crippen molar-refractivity contribution in [2.24, 2.45) is 5.92 Å². The highest BCUT2D eigenvalue weighted by Gasteiger charge is 2.32. The molecule has 25 heavy (non-hydrogen) atoms. The Morgan fingerprint density at radius 1 is 1.36 bits per heavy atom. The lowest BCUT2D eigenvalue weighted by Crippen LogP contribution is -2.36. The maximum Gasteiger partial charge on any atom is 0.287 e. The number of nitrogens with one attached hydrogen (secondary N) is 1. The Labute approximate surface area is 146 Å². The molecule has 6 heteroatoms. The van der Waals surface area contributed by atoms with Gasteiger partial charge in [-0.15, -0.1) is 0 Å². The van der Waals surface area contributed by atoms with E-state index in [0.29, 0.717) is 29.4 Å². The Morgan fingerprint density at radius 2 is 2.16 bits per heavy atom. The molecule has 1 atom stereocenters. The summed E-state index contributed by atoms with van der Waals surface area (Å²) >= 11 is 0. The van der Waals surface area contributed by atoms with Crippen molar-refractivity contribution in [3.8, 4) is 11.8 Å². The molecule has 1 aromatic carbocycles. The van der Waals surface area contributed by atoms with Crippen molar-refractivity contribution in [2.45, 2.75) is 31.9 Å². The third kappa shape index (κ3) is 4.40. The molecule has 3 rings (SSSR count). The Kier molecular flexibility index (Phi) is 5.36. The number of carbonyl (C=O) groups excluding carboxylic acids is 1. The smallest absolute Gasteiger partial charge is 0.287 e. The van der Waals surface area contributed by atoms with Crippen LogP contribution in [0.25, 0.3) is 0 Å². The van der Waals surface area contributed by atoms with Gasteiger partial charge in [0, 0.05) is 12.6 Å². The fourth-order valence-electron chi connectivity index (χ4n) is 2.71. The minimum Gasteiger partial charge on any atom is -0.484 e. The average molecular weight is 340 g/mol. The van der Waals surface area contributed by atoms with Crippen molar-refractivity contribution in [1.29, 1.82) is 5.26 Å². The van der Waals surface area contributed by atoms with Crippen molar-refractivity contribution in [3.63, 3.8) is 0 Å². The largest absolute Gasteiger partial charge is 0.484 e. The first-order chi connectivity index (χ1) is 12.2. The number of para-hydroxylation sites is 1. The minimum atomic E-state index is -0.283. The zero-order chi connectivity index (χ0) is 17.6. The summed E-state index contributed by atoms with van der Waals surface area (Å²) in [6.45, 7) is 0.186. The molecular formula is C19H20N2O4. The molecule has 0 aliphatic heterocycles. The molecule has 1 saturated carbocycles. The Balaban J connectivity index is 1.58. The van der Waals surface area contributed by atoms with Gasteiger partial charge in [0.1, 0.15) is 24.2 Å². The second kappa shape index (κ2) is 7.86. The highest BCUT2D eigenvalue weighted by atomic mass is 16.5. The van der Waals surface area contributed by atoms with E-state index in [4.69, 9.17) is 19.5 Å². The number of aliphatic hydroxyl groups excluding tert-OH is 1. The van der Waals surface area contributed by atoms with E-state index in [9.17, 15) is 4.79 Å². The fourth-order valence-corrected chi connectivity index (χ4v) is 2.71. The lowest BCUT2D eigenvalue weighted by molar-refractivity contribution is 0.0892. The van der Waals surface area contributed by atoms with E-state index in [0.717, 1.165) is 12.8 Å². The quantitative estimate of drug-likeness (QED) is 0.770. The molecule has 0 radical (unpaired) electrons. The number of nitriles is 1. The second-order valence-electron chi connectivity index (χ2n) is 6.09. The van der Waals surface area contributed by atoms with Crippen LogP contribution in [-0.4, -0.2) is 23.7 Å². The summed E-state index contributed by atoms with van der Waals surface area (Å²) < 4.78 is 11.1. The number of benzene rings is 1. The topological polar surface area (TPSA) is 95.5 Å². The van der Waals surface area contributed by atoms with Crippen LogP contribution >= 0.6 is 0 Å². The number of rotatable bonds is 8. The van der Waals surface area contributed by atoms with E-state index in [-0.39, 0.29) is 30.9 Å². The fraction of sp³-hybridized carbons (Fsp3) is 0.368. The number of hydrogen-bond donors (Lipinski definition) is 2. The third-order valence-electron chi connectivity index (χ3n) is 4.21. The average Bonchev–Trinajstić information content (AvgIpc) is 3.37. The molecule has 1 fully saturated rings. The van der Waals surface area contributed by atoms with Crippen molar-refractivity contribution >= 4 is 5.91 Å². The van der Waals surface area contributed by atoms with E-state index < -0.39 is 0 Å². The number of nitrogens with zero attached hydrogens (tertiary/aromatic N) is 1. The van der Waals surface area contributed by atoms with Gasteiger partial charge < -0.3 is 19.6 Å². The molecule has 1 amide bonds. The molecule has 1 unspecified atom stereocenters. The van der Waals surface area contributed by atoms with Crippen LogP contribution in [0.2, 0.25) is 0 Å². The van der Waals surface area contributed by atoms with Gasteiger partial charge in [0.05, 0.1) is 5.56 Å².